The van der Waals surface area contributed by atoms with Gasteiger partial charge in [0, 0.05) is 19.1 Å². The standard InChI is InChI=1S/C17H34N2/c1-4-11-18-16-9-6-5-8-15(16)13-19-12-7-10-17(2,3)14-19/h15-16,18H,4-14H2,1-3H3. The number of piperidine rings is 1. The van der Waals surface area contributed by atoms with E-state index in [1.54, 1.807) is 0 Å². The minimum Gasteiger partial charge on any atom is -0.314 e. The van der Waals surface area contributed by atoms with Gasteiger partial charge in [0.05, 0.1) is 0 Å². The van der Waals surface area contributed by atoms with Crippen LogP contribution >= 0.6 is 0 Å². The third-order valence-electron chi connectivity index (χ3n) is 5.04. The molecule has 1 N–H and O–H groups in total. The summed E-state index contributed by atoms with van der Waals surface area (Å²) in [5, 5.41) is 3.80. The monoisotopic (exact) mass is 266 g/mol. The maximum Gasteiger partial charge on any atom is 0.0107 e. The first-order valence-electron chi connectivity index (χ1n) is 8.56. The van der Waals surface area contributed by atoms with Crippen LogP contribution in [0, 0.1) is 11.3 Å². The number of nitrogens with zero attached hydrogens (tertiary/aromatic N) is 1. The highest BCUT2D eigenvalue weighted by molar-refractivity contribution is 4.86. The van der Waals surface area contributed by atoms with E-state index in [4.69, 9.17) is 0 Å². The number of hydrogen-bond donors (Lipinski definition) is 1. The van der Waals surface area contributed by atoms with Crippen LogP contribution in [-0.2, 0) is 0 Å². The quantitative estimate of drug-likeness (QED) is 0.817. The highest BCUT2D eigenvalue weighted by Gasteiger charge is 2.31. The van der Waals surface area contributed by atoms with Crippen LogP contribution in [0.25, 0.3) is 0 Å². The molecule has 1 aliphatic carbocycles. The van der Waals surface area contributed by atoms with E-state index in [1.807, 2.05) is 0 Å². The lowest BCUT2D eigenvalue weighted by Crippen LogP contribution is -2.48. The molecule has 2 aliphatic rings. The summed E-state index contributed by atoms with van der Waals surface area (Å²) in [6, 6.07) is 0.790. The Morgan fingerprint density at radius 1 is 1.16 bits per heavy atom. The first-order valence-corrected chi connectivity index (χ1v) is 8.56. The summed E-state index contributed by atoms with van der Waals surface area (Å²) in [5.41, 5.74) is 0.541. The molecular weight excluding hydrogens is 232 g/mol. The highest BCUT2D eigenvalue weighted by Crippen LogP contribution is 2.31. The molecular formula is C17H34N2. The van der Waals surface area contributed by atoms with Crippen molar-refractivity contribution in [2.24, 2.45) is 11.3 Å². The number of rotatable bonds is 5. The molecule has 1 saturated carbocycles. The average molecular weight is 266 g/mol. The zero-order valence-corrected chi connectivity index (χ0v) is 13.4. The number of likely N-dealkylation sites (tertiary alicyclic amines) is 1. The minimum absolute atomic E-state index is 0.541. The molecule has 0 spiro atoms. The number of hydrogen-bond acceptors (Lipinski definition) is 2. The maximum absolute atomic E-state index is 3.80. The second-order valence-corrected chi connectivity index (χ2v) is 7.61. The lowest BCUT2D eigenvalue weighted by molar-refractivity contribution is 0.0842. The molecule has 1 aliphatic heterocycles. The van der Waals surface area contributed by atoms with Gasteiger partial charge in [0.25, 0.3) is 0 Å². The molecule has 0 aromatic carbocycles. The van der Waals surface area contributed by atoms with Crippen molar-refractivity contribution in [3.05, 3.63) is 0 Å². The van der Waals surface area contributed by atoms with Crippen molar-refractivity contribution in [1.29, 1.82) is 0 Å². The van der Waals surface area contributed by atoms with Crippen molar-refractivity contribution in [3.63, 3.8) is 0 Å². The van der Waals surface area contributed by atoms with E-state index in [0.717, 1.165) is 12.0 Å². The smallest absolute Gasteiger partial charge is 0.0107 e. The van der Waals surface area contributed by atoms with Gasteiger partial charge in [-0.1, -0.05) is 33.6 Å². The molecule has 0 amide bonds. The molecule has 0 bridgehead atoms. The van der Waals surface area contributed by atoms with Crippen molar-refractivity contribution < 1.29 is 0 Å². The van der Waals surface area contributed by atoms with Crippen molar-refractivity contribution >= 4 is 0 Å². The Balaban J connectivity index is 1.84. The molecule has 1 heterocycles. The second kappa shape index (κ2) is 7.08. The van der Waals surface area contributed by atoms with Crippen LogP contribution in [-0.4, -0.2) is 37.1 Å². The van der Waals surface area contributed by atoms with Gasteiger partial charge in [-0.05, 0) is 56.5 Å². The Kier molecular flexibility index (Phi) is 5.70. The minimum atomic E-state index is 0.541. The van der Waals surface area contributed by atoms with Crippen molar-refractivity contribution in [1.82, 2.24) is 10.2 Å². The molecule has 1 saturated heterocycles. The second-order valence-electron chi connectivity index (χ2n) is 7.61. The Labute approximate surface area is 120 Å². The Morgan fingerprint density at radius 2 is 1.95 bits per heavy atom. The van der Waals surface area contributed by atoms with Crippen molar-refractivity contribution in [2.45, 2.75) is 71.8 Å². The summed E-state index contributed by atoms with van der Waals surface area (Å²) in [6.45, 7) is 12.3. The average Bonchev–Trinajstić information content (AvgIpc) is 2.36. The Bertz CT molecular complexity index is 262. The largest absolute Gasteiger partial charge is 0.314 e. The third kappa shape index (κ3) is 4.75. The predicted octanol–water partition coefficient (Wildman–Crippen LogP) is 3.67. The normalized spacial score (nSPS) is 32.4. The Hall–Kier alpha value is -0.0800. The predicted molar refractivity (Wildman–Crippen MR) is 83.5 cm³/mol. The van der Waals surface area contributed by atoms with Gasteiger partial charge in [0.15, 0.2) is 0 Å². The van der Waals surface area contributed by atoms with Crippen molar-refractivity contribution in [2.75, 3.05) is 26.2 Å². The summed E-state index contributed by atoms with van der Waals surface area (Å²) >= 11 is 0. The summed E-state index contributed by atoms with van der Waals surface area (Å²) in [7, 11) is 0. The van der Waals surface area contributed by atoms with Gasteiger partial charge in [-0.15, -0.1) is 0 Å². The first kappa shape index (κ1) is 15.3. The zero-order chi connectivity index (χ0) is 13.7. The van der Waals surface area contributed by atoms with Crippen LogP contribution in [0.5, 0.6) is 0 Å². The summed E-state index contributed by atoms with van der Waals surface area (Å²) in [5.74, 6) is 0.897. The fourth-order valence-corrected chi connectivity index (χ4v) is 4.06. The fourth-order valence-electron chi connectivity index (χ4n) is 4.06. The Morgan fingerprint density at radius 3 is 2.68 bits per heavy atom. The molecule has 2 atom stereocenters. The molecule has 0 aromatic rings. The van der Waals surface area contributed by atoms with Crippen LogP contribution in [0.1, 0.15) is 65.7 Å². The summed E-state index contributed by atoms with van der Waals surface area (Å²) in [4.78, 5) is 2.75. The van der Waals surface area contributed by atoms with Gasteiger partial charge >= 0.3 is 0 Å². The van der Waals surface area contributed by atoms with Crippen LogP contribution in [0.15, 0.2) is 0 Å². The lowest BCUT2D eigenvalue weighted by atomic mass is 9.81. The van der Waals surface area contributed by atoms with Crippen LogP contribution in [0.2, 0.25) is 0 Å². The third-order valence-corrected chi connectivity index (χ3v) is 5.04. The fraction of sp³-hybridized carbons (Fsp3) is 1.00. The van der Waals surface area contributed by atoms with Gasteiger partial charge in [-0.2, -0.15) is 0 Å². The lowest BCUT2D eigenvalue weighted by Gasteiger charge is -2.42. The van der Waals surface area contributed by atoms with Gasteiger partial charge in [-0.3, -0.25) is 0 Å². The zero-order valence-electron chi connectivity index (χ0n) is 13.4. The molecule has 19 heavy (non-hydrogen) atoms. The van der Waals surface area contributed by atoms with E-state index in [1.165, 1.54) is 71.1 Å². The number of nitrogens with one attached hydrogen (secondary N) is 1. The van der Waals surface area contributed by atoms with Crippen molar-refractivity contribution in [3.8, 4) is 0 Å². The van der Waals surface area contributed by atoms with E-state index in [-0.39, 0.29) is 0 Å². The highest BCUT2D eigenvalue weighted by atomic mass is 15.1. The van der Waals surface area contributed by atoms with E-state index in [9.17, 15) is 0 Å². The van der Waals surface area contributed by atoms with Gasteiger partial charge in [-0.25, -0.2) is 0 Å². The molecule has 2 unspecified atom stereocenters. The molecule has 2 fully saturated rings. The molecule has 112 valence electrons. The summed E-state index contributed by atoms with van der Waals surface area (Å²) < 4.78 is 0. The van der Waals surface area contributed by atoms with E-state index in [0.29, 0.717) is 5.41 Å². The molecule has 2 heteroatoms. The molecule has 2 rings (SSSR count). The van der Waals surface area contributed by atoms with E-state index >= 15 is 0 Å². The van der Waals surface area contributed by atoms with Crippen LogP contribution < -0.4 is 5.32 Å². The maximum atomic E-state index is 3.80. The van der Waals surface area contributed by atoms with Crippen LogP contribution in [0.3, 0.4) is 0 Å². The molecule has 2 nitrogen and oxygen atoms in total. The van der Waals surface area contributed by atoms with Gasteiger partial charge in [0.1, 0.15) is 0 Å². The SMILES string of the molecule is CCCNC1CCCCC1CN1CCCC(C)(C)C1. The molecule has 0 aromatic heterocycles. The molecule has 0 radical (unpaired) electrons. The topological polar surface area (TPSA) is 15.3 Å². The van der Waals surface area contributed by atoms with E-state index < -0.39 is 0 Å². The summed E-state index contributed by atoms with van der Waals surface area (Å²) in [6.07, 6.45) is 9.80. The van der Waals surface area contributed by atoms with Gasteiger partial charge in [0.2, 0.25) is 0 Å². The van der Waals surface area contributed by atoms with Gasteiger partial charge < -0.3 is 10.2 Å². The first-order chi connectivity index (χ1) is 9.11. The van der Waals surface area contributed by atoms with E-state index in [2.05, 4.69) is 31.0 Å². The van der Waals surface area contributed by atoms with Crippen LogP contribution in [0.4, 0.5) is 0 Å².